The SMILES string of the molecule is C1=CC2CC1CCCC13CC4CC1C2CC43. The van der Waals surface area contributed by atoms with Gasteiger partial charge < -0.3 is 0 Å². The fraction of sp³-hybridized carbons (Fsp3) is 0.875. The van der Waals surface area contributed by atoms with E-state index in [-0.39, 0.29) is 0 Å². The number of fused-ring (bicyclic) bond motifs is 3. The van der Waals surface area contributed by atoms with Gasteiger partial charge in [0.25, 0.3) is 0 Å². The molecule has 0 heterocycles. The molecule has 0 N–H and O–H groups in total. The Morgan fingerprint density at radius 3 is 3.00 bits per heavy atom. The molecule has 0 aromatic rings. The van der Waals surface area contributed by atoms with E-state index in [2.05, 4.69) is 12.2 Å². The van der Waals surface area contributed by atoms with Crippen LogP contribution >= 0.6 is 0 Å². The van der Waals surface area contributed by atoms with Gasteiger partial charge in [-0.2, -0.15) is 0 Å². The summed E-state index contributed by atoms with van der Waals surface area (Å²) in [6, 6.07) is 0. The second-order valence-electron chi connectivity index (χ2n) is 7.48. The van der Waals surface area contributed by atoms with Gasteiger partial charge >= 0.3 is 0 Å². The number of hydrogen-bond donors (Lipinski definition) is 0. The zero-order valence-corrected chi connectivity index (χ0v) is 10.1. The Morgan fingerprint density at radius 1 is 1.00 bits per heavy atom. The van der Waals surface area contributed by atoms with Crippen molar-refractivity contribution < 1.29 is 0 Å². The molecule has 0 radical (unpaired) electrons. The molecule has 6 aliphatic rings. The average molecular weight is 214 g/mol. The molecule has 0 aromatic heterocycles. The van der Waals surface area contributed by atoms with Gasteiger partial charge in [0, 0.05) is 0 Å². The lowest BCUT2D eigenvalue weighted by molar-refractivity contribution is 0.0313. The first-order valence-electron chi connectivity index (χ1n) is 7.55. The zero-order valence-electron chi connectivity index (χ0n) is 10.1. The first-order chi connectivity index (χ1) is 7.87. The molecule has 6 aliphatic carbocycles. The fourth-order valence-electron chi connectivity index (χ4n) is 6.79. The van der Waals surface area contributed by atoms with Crippen LogP contribution in [0.25, 0.3) is 0 Å². The summed E-state index contributed by atoms with van der Waals surface area (Å²) in [5.41, 5.74) is 0.896. The summed E-state index contributed by atoms with van der Waals surface area (Å²) in [6.45, 7) is 0. The molecule has 0 heteroatoms. The van der Waals surface area contributed by atoms with E-state index < -0.39 is 0 Å². The Bertz CT molecular complexity index is 368. The Labute approximate surface area is 98.5 Å². The van der Waals surface area contributed by atoms with Gasteiger partial charge in [-0.3, -0.25) is 0 Å². The van der Waals surface area contributed by atoms with Gasteiger partial charge in [0.15, 0.2) is 0 Å². The molecule has 0 amide bonds. The minimum absolute atomic E-state index is 0.896. The first-order valence-corrected chi connectivity index (χ1v) is 7.55. The second kappa shape index (κ2) is 2.60. The summed E-state index contributed by atoms with van der Waals surface area (Å²) in [4.78, 5) is 0. The molecular weight excluding hydrogens is 192 g/mol. The molecule has 16 heavy (non-hydrogen) atoms. The van der Waals surface area contributed by atoms with Crippen LogP contribution < -0.4 is 0 Å². The Kier molecular flexibility index (Phi) is 1.42. The molecule has 0 nitrogen and oxygen atoms in total. The minimum atomic E-state index is 0.896. The van der Waals surface area contributed by atoms with Gasteiger partial charge in [-0.1, -0.05) is 18.6 Å². The summed E-state index contributed by atoms with van der Waals surface area (Å²) in [6.07, 6.45) is 16.2. The van der Waals surface area contributed by atoms with E-state index in [0.717, 1.165) is 29.1 Å². The molecule has 5 fully saturated rings. The van der Waals surface area contributed by atoms with E-state index >= 15 is 0 Å². The van der Waals surface area contributed by atoms with Crippen molar-refractivity contribution in [3.05, 3.63) is 12.2 Å². The standard InChI is InChI=1S/C16H22/c1-2-10-3-4-11(6-10)13-8-14-12-7-15(13)16(14,5-1)9-12/h3-4,10-15H,1-2,5-9H2. The second-order valence-corrected chi connectivity index (χ2v) is 7.48. The summed E-state index contributed by atoms with van der Waals surface area (Å²) >= 11 is 0. The van der Waals surface area contributed by atoms with Crippen molar-refractivity contribution in [1.29, 1.82) is 0 Å². The van der Waals surface area contributed by atoms with Crippen LogP contribution in [0, 0.1) is 40.9 Å². The third-order valence-electron chi connectivity index (χ3n) is 7.26. The summed E-state index contributed by atoms with van der Waals surface area (Å²) in [5, 5.41) is 0. The maximum absolute atomic E-state index is 2.62. The molecule has 7 bridgehead atoms. The van der Waals surface area contributed by atoms with E-state index in [4.69, 9.17) is 0 Å². The highest BCUT2D eigenvalue weighted by Crippen LogP contribution is 2.78. The van der Waals surface area contributed by atoms with E-state index in [1.54, 1.807) is 25.7 Å². The number of allylic oxidation sites excluding steroid dienone is 2. The molecule has 1 spiro atoms. The summed E-state index contributed by atoms with van der Waals surface area (Å²) in [5.74, 6) is 6.61. The molecule has 0 saturated heterocycles. The van der Waals surface area contributed by atoms with Crippen LogP contribution in [0.15, 0.2) is 12.2 Å². The molecule has 0 aromatic carbocycles. The monoisotopic (exact) mass is 214 g/mol. The quantitative estimate of drug-likeness (QED) is 0.534. The maximum Gasteiger partial charge on any atom is -0.0196 e. The van der Waals surface area contributed by atoms with E-state index in [9.17, 15) is 0 Å². The van der Waals surface area contributed by atoms with Crippen LogP contribution in [-0.2, 0) is 0 Å². The molecule has 5 saturated carbocycles. The van der Waals surface area contributed by atoms with Crippen molar-refractivity contribution in [3.8, 4) is 0 Å². The molecule has 6 rings (SSSR count). The third-order valence-corrected chi connectivity index (χ3v) is 7.26. The van der Waals surface area contributed by atoms with Gasteiger partial charge in [-0.05, 0) is 79.4 Å². The summed E-state index contributed by atoms with van der Waals surface area (Å²) < 4.78 is 0. The van der Waals surface area contributed by atoms with Crippen molar-refractivity contribution in [1.82, 2.24) is 0 Å². The number of rotatable bonds is 0. The van der Waals surface area contributed by atoms with Crippen LogP contribution in [0.2, 0.25) is 0 Å². The van der Waals surface area contributed by atoms with Crippen LogP contribution in [0.5, 0.6) is 0 Å². The Balaban J connectivity index is 1.59. The number of hydrogen-bond acceptors (Lipinski definition) is 0. The highest BCUT2D eigenvalue weighted by Gasteiger charge is 2.70. The van der Waals surface area contributed by atoms with E-state index in [0.29, 0.717) is 0 Å². The predicted molar refractivity (Wildman–Crippen MR) is 64.8 cm³/mol. The first kappa shape index (κ1) is 8.78. The van der Waals surface area contributed by atoms with Crippen molar-refractivity contribution in [3.63, 3.8) is 0 Å². The van der Waals surface area contributed by atoms with Crippen molar-refractivity contribution in [2.24, 2.45) is 40.9 Å². The topological polar surface area (TPSA) is 0 Å². The third kappa shape index (κ3) is 0.802. The lowest BCUT2D eigenvalue weighted by atomic mass is 9.59. The largest absolute Gasteiger partial charge is 0.0851 e. The summed E-state index contributed by atoms with van der Waals surface area (Å²) in [7, 11) is 0. The van der Waals surface area contributed by atoms with Gasteiger partial charge in [0.05, 0.1) is 0 Å². The van der Waals surface area contributed by atoms with Crippen molar-refractivity contribution in [2.75, 3.05) is 0 Å². The predicted octanol–water partition coefficient (Wildman–Crippen LogP) is 4.02. The molecule has 0 aliphatic heterocycles. The Morgan fingerprint density at radius 2 is 2.00 bits per heavy atom. The molecule has 86 valence electrons. The van der Waals surface area contributed by atoms with E-state index in [1.807, 2.05) is 0 Å². The van der Waals surface area contributed by atoms with Crippen LogP contribution in [-0.4, -0.2) is 0 Å². The highest BCUT2D eigenvalue weighted by molar-refractivity contribution is 5.21. The van der Waals surface area contributed by atoms with Gasteiger partial charge in [0.2, 0.25) is 0 Å². The lowest BCUT2D eigenvalue weighted by Crippen LogP contribution is -2.38. The molecular formula is C16H22. The fourth-order valence-corrected chi connectivity index (χ4v) is 6.79. The van der Waals surface area contributed by atoms with Gasteiger partial charge in [-0.15, -0.1) is 0 Å². The lowest BCUT2D eigenvalue weighted by Gasteiger charge is -2.46. The molecule has 7 unspecified atom stereocenters. The Hall–Kier alpha value is -0.260. The van der Waals surface area contributed by atoms with Crippen molar-refractivity contribution in [2.45, 2.75) is 44.9 Å². The van der Waals surface area contributed by atoms with Crippen LogP contribution in [0.1, 0.15) is 44.9 Å². The smallest absolute Gasteiger partial charge is 0.0196 e. The van der Waals surface area contributed by atoms with Gasteiger partial charge in [-0.25, -0.2) is 0 Å². The molecule has 7 atom stereocenters. The minimum Gasteiger partial charge on any atom is -0.0851 e. The zero-order chi connectivity index (χ0) is 10.3. The van der Waals surface area contributed by atoms with E-state index in [1.165, 1.54) is 31.1 Å². The van der Waals surface area contributed by atoms with Crippen molar-refractivity contribution >= 4 is 0 Å². The highest BCUT2D eigenvalue weighted by atomic mass is 14.7. The normalized spacial score (nSPS) is 65.0. The van der Waals surface area contributed by atoms with Gasteiger partial charge in [0.1, 0.15) is 0 Å². The average Bonchev–Trinajstić information content (AvgIpc) is 2.95. The van der Waals surface area contributed by atoms with Crippen LogP contribution in [0.3, 0.4) is 0 Å². The van der Waals surface area contributed by atoms with Crippen LogP contribution in [0.4, 0.5) is 0 Å². The maximum atomic E-state index is 2.62.